The van der Waals surface area contributed by atoms with E-state index in [-0.39, 0.29) is 17.2 Å². The molecular weight excluding hydrogens is 334 g/mol. The number of aromatic nitrogens is 1. The molecule has 0 aliphatic rings. The van der Waals surface area contributed by atoms with Gasteiger partial charge in [-0.25, -0.2) is 4.79 Å². The number of carboxylic acids is 1. The van der Waals surface area contributed by atoms with Crippen molar-refractivity contribution in [3.8, 4) is 11.3 Å². The van der Waals surface area contributed by atoms with E-state index in [1.54, 1.807) is 18.2 Å². The van der Waals surface area contributed by atoms with Gasteiger partial charge in [0.05, 0.1) is 5.02 Å². The Morgan fingerprint density at radius 3 is 2.74 bits per heavy atom. The number of benzene rings is 1. The Labute approximate surface area is 123 Å². The molecule has 19 heavy (non-hydrogen) atoms. The smallest absolute Gasteiger partial charge is 0.341 e. The maximum absolute atomic E-state index is 11.4. The fraction of sp³-hybridized carbons (Fsp3) is 0.231. The molecule has 0 saturated heterocycles. The molecule has 1 heterocycles. The second kappa shape index (κ2) is 5.35. The van der Waals surface area contributed by atoms with Crippen LogP contribution in [0, 0.1) is 0 Å². The van der Waals surface area contributed by atoms with Crippen molar-refractivity contribution in [2.24, 2.45) is 0 Å². The molecule has 0 radical (unpaired) electrons. The fourth-order valence-electron chi connectivity index (χ4n) is 1.77. The van der Waals surface area contributed by atoms with E-state index in [4.69, 9.17) is 16.1 Å². The molecule has 0 atom stereocenters. The van der Waals surface area contributed by atoms with Crippen LogP contribution in [-0.4, -0.2) is 16.2 Å². The summed E-state index contributed by atoms with van der Waals surface area (Å²) in [6.45, 7) is 3.69. The first-order chi connectivity index (χ1) is 8.91. The minimum atomic E-state index is -1.07. The van der Waals surface area contributed by atoms with Crippen LogP contribution in [0.15, 0.2) is 27.2 Å². The molecule has 6 heteroatoms. The van der Waals surface area contributed by atoms with Gasteiger partial charge in [0.1, 0.15) is 11.3 Å². The lowest BCUT2D eigenvalue weighted by Gasteiger charge is -2.04. The van der Waals surface area contributed by atoms with Crippen molar-refractivity contribution in [3.05, 3.63) is 39.0 Å². The molecule has 1 aromatic heterocycles. The van der Waals surface area contributed by atoms with Crippen molar-refractivity contribution in [2.45, 2.75) is 19.8 Å². The second-order valence-corrected chi connectivity index (χ2v) is 5.68. The first-order valence-electron chi connectivity index (χ1n) is 5.60. The lowest BCUT2D eigenvalue weighted by Crippen LogP contribution is -2.02. The van der Waals surface area contributed by atoms with Crippen LogP contribution in [0.1, 0.15) is 35.9 Å². The zero-order valence-corrected chi connectivity index (χ0v) is 12.6. The van der Waals surface area contributed by atoms with E-state index in [1.807, 2.05) is 13.8 Å². The first-order valence-corrected chi connectivity index (χ1v) is 6.77. The van der Waals surface area contributed by atoms with Gasteiger partial charge in [-0.1, -0.05) is 46.5 Å². The number of rotatable bonds is 3. The molecule has 0 aliphatic carbocycles. The molecule has 0 amide bonds. The molecular formula is C13H11BrClNO3. The van der Waals surface area contributed by atoms with Gasteiger partial charge in [-0.3, -0.25) is 0 Å². The lowest BCUT2D eigenvalue weighted by molar-refractivity contribution is 0.0694. The lowest BCUT2D eigenvalue weighted by atomic mass is 10.0. The van der Waals surface area contributed by atoms with E-state index in [0.717, 1.165) is 4.47 Å². The summed E-state index contributed by atoms with van der Waals surface area (Å²) in [5, 5.41) is 13.6. The third-order valence-electron chi connectivity index (χ3n) is 2.64. The summed E-state index contributed by atoms with van der Waals surface area (Å²) in [5.41, 5.74) is 0.849. The molecule has 4 nitrogen and oxygen atoms in total. The van der Waals surface area contributed by atoms with Gasteiger partial charge in [0.25, 0.3) is 0 Å². The Morgan fingerprint density at radius 2 is 2.16 bits per heavy atom. The fourth-order valence-corrected chi connectivity index (χ4v) is 2.33. The standard InChI is InChI=1S/C13H11BrClNO3/c1-6(2)12-10(13(17)18)11(16-19-12)8-5-7(14)3-4-9(8)15/h3-6H,1-2H3,(H,17,18). The average molecular weight is 345 g/mol. The third-order valence-corrected chi connectivity index (χ3v) is 3.46. The zero-order chi connectivity index (χ0) is 14.2. The quantitative estimate of drug-likeness (QED) is 0.885. The maximum Gasteiger partial charge on any atom is 0.341 e. The molecule has 2 rings (SSSR count). The number of carbonyl (C=O) groups is 1. The molecule has 0 bridgehead atoms. The average Bonchev–Trinajstić information content (AvgIpc) is 2.76. The maximum atomic E-state index is 11.4. The normalized spacial score (nSPS) is 11.0. The van der Waals surface area contributed by atoms with Crippen LogP contribution >= 0.6 is 27.5 Å². The van der Waals surface area contributed by atoms with Gasteiger partial charge in [-0.05, 0) is 18.2 Å². The molecule has 1 aromatic carbocycles. The summed E-state index contributed by atoms with van der Waals surface area (Å²) in [6, 6.07) is 5.17. The van der Waals surface area contributed by atoms with Gasteiger partial charge in [0, 0.05) is 16.0 Å². The van der Waals surface area contributed by atoms with E-state index in [2.05, 4.69) is 21.1 Å². The third kappa shape index (κ3) is 2.67. The number of carboxylic acid groups (broad SMARTS) is 1. The van der Waals surface area contributed by atoms with Gasteiger partial charge in [-0.2, -0.15) is 0 Å². The van der Waals surface area contributed by atoms with Gasteiger partial charge in [0.2, 0.25) is 0 Å². The summed E-state index contributed by atoms with van der Waals surface area (Å²) in [5.74, 6) is -0.798. The van der Waals surface area contributed by atoms with Crippen LogP contribution < -0.4 is 0 Å². The Morgan fingerprint density at radius 1 is 1.47 bits per heavy atom. The Kier molecular flexibility index (Phi) is 3.96. The molecule has 0 spiro atoms. The molecule has 1 N–H and O–H groups in total. The van der Waals surface area contributed by atoms with Crippen LogP contribution in [0.2, 0.25) is 5.02 Å². The van der Waals surface area contributed by atoms with Crippen LogP contribution in [0.5, 0.6) is 0 Å². The SMILES string of the molecule is CC(C)c1onc(-c2cc(Br)ccc2Cl)c1C(=O)O. The number of nitrogens with zero attached hydrogens (tertiary/aromatic N) is 1. The van der Waals surface area contributed by atoms with Gasteiger partial charge < -0.3 is 9.63 Å². The molecule has 2 aromatic rings. The van der Waals surface area contributed by atoms with Gasteiger partial charge >= 0.3 is 5.97 Å². The Balaban J connectivity index is 2.69. The number of halogens is 2. The number of hydrogen-bond acceptors (Lipinski definition) is 3. The van der Waals surface area contributed by atoms with E-state index < -0.39 is 5.97 Å². The highest BCUT2D eigenvalue weighted by Gasteiger charge is 2.26. The summed E-state index contributed by atoms with van der Waals surface area (Å²) in [6.07, 6.45) is 0. The Hall–Kier alpha value is -1.33. The van der Waals surface area contributed by atoms with E-state index in [0.29, 0.717) is 16.3 Å². The van der Waals surface area contributed by atoms with Crippen molar-refractivity contribution >= 4 is 33.5 Å². The molecule has 0 saturated carbocycles. The van der Waals surface area contributed by atoms with Crippen molar-refractivity contribution in [1.29, 1.82) is 0 Å². The van der Waals surface area contributed by atoms with Crippen LogP contribution in [-0.2, 0) is 0 Å². The highest BCUT2D eigenvalue weighted by molar-refractivity contribution is 9.10. The molecule has 0 aliphatic heterocycles. The van der Waals surface area contributed by atoms with Crippen molar-refractivity contribution in [3.63, 3.8) is 0 Å². The van der Waals surface area contributed by atoms with Gasteiger partial charge in [-0.15, -0.1) is 0 Å². The van der Waals surface area contributed by atoms with E-state index in [1.165, 1.54) is 0 Å². The molecule has 0 fully saturated rings. The van der Waals surface area contributed by atoms with E-state index >= 15 is 0 Å². The number of hydrogen-bond donors (Lipinski definition) is 1. The summed E-state index contributed by atoms with van der Waals surface area (Å²) < 4.78 is 5.95. The summed E-state index contributed by atoms with van der Waals surface area (Å²) in [4.78, 5) is 11.4. The van der Waals surface area contributed by atoms with Crippen LogP contribution in [0.3, 0.4) is 0 Å². The minimum Gasteiger partial charge on any atom is -0.477 e. The highest BCUT2D eigenvalue weighted by Crippen LogP contribution is 2.35. The number of aromatic carboxylic acids is 1. The molecule has 100 valence electrons. The zero-order valence-electron chi connectivity index (χ0n) is 10.3. The van der Waals surface area contributed by atoms with Crippen molar-refractivity contribution in [2.75, 3.05) is 0 Å². The minimum absolute atomic E-state index is 0.0648. The van der Waals surface area contributed by atoms with E-state index in [9.17, 15) is 9.90 Å². The predicted octanol–water partition coefficient (Wildman–Crippen LogP) is 4.58. The largest absolute Gasteiger partial charge is 0.477 e. The first kappa shape index (κ1) is 14.1. The topological polar surface area (TPSA) is 63.3 Å². The van der Waals surface area contributed by atoms with Crippen molar-refractivity contribution < 1.29 is 14.4 Å². The van der Waals surface area contributed by atoms with Crippen LogP contribution in [0.25, 0.3) is 11.3 Å². The second-order valence-electron chi connectivity index (χ2n) is 4.35. The van der Waals surface area contributed by atoms with Gasteiger partial charge in [0.15, 0.2) is 5.76 Å². The summed E-state index contributed by atoms with van der Waals surface area (Å²) >= 11 is 9.43. The molecule has 0 unspecified atom stereocenters. The Bertz CT molecular complexity index is 637. The predicted molar refractivity (Wildman–Crippen MR) is 75.7 cm³/mol. The highest BCUT2D eigenvalue weighted by atomic mass is 79.9. The monoisotopic (exact) mass is 343 g/mol. The summed E-state index contributed by atoms with van der Waals surface area (Å²) in [7, 11) is 0. The van der Waals surface area contributed by atoms with Crippen LogP contribution in [0.4, 0.5) is 0 Å². The van der Waals surface area contributed by atoms with Crippen molar-refractivity contribution in [1.82, 2.24) is 5.16 Å².